The summed E-state index contributed by atoms with van der Waals surface area (Å²) in [5, 5.41) is 18.5. The molecular formula is C24H49ClN2O2. The van der Waals surface area contributed by atoms with Gasteiger partial charge >= 0.3 is 0 Å². The van der Waals surface area contributed by atoms with Crippen LogP contribution in [0.2, 0.25) is 0 Å². The second kappa shape index (κ2) is 20.9. The molecule has 0 spiro atoms. The summed E-state index contributed by atoms with van der Waals surface area (Å²) in [6.07, 6.45) is 22.1. The van der Waals surface area contributed by atoms with E-state index in [1.165, 1.54) is 102 Å². The summed E-state index contributed by atoms with van der Waals surface area (Å²) < 4.78 is 2.31. The zero-order chi connectivity index (χ0) is 20.3. The van der Waals surface area contributed by atoms with Gasteiger partial charge in [0.15, 0.2) is 0 Å². The van der Waals surface area contributed by atoms with Gasteiger partial charge in [-0.2, -0.15) is 0 Å². The first-order chi connectivity index (χ1) is 13.8. The standard InChI is InChI=1S/C24H49N2O2.ClH/c1-2-3-4-5-6-7-8-9-10-11-12-13-14-15-16-17-24-25(20-22-27)18-19-26(24)21-23-28;/h27-28H,2-23H2,1H3;1H/q+1;/p-1. The van der Waals surface area contributed by atoms with Gasteiger partial charge in [-0.1, -0.05) is 96.8 Å². The van der Waals surface area contributed by atoms with E-state index in [1.807, 2.05) is 0 Å². The van der Waals surface area contributed by atoms with Gasteiger partial charge in [0, 0.05) is 6.42 Å². The van der Waals surface area contributed by atoms with Crippen molar-refractivity contribution in [2.24, 2.45) is 0 Å². The molecule has 0 saturated heterocycles. The van der Waals surface area contributed by atoms with Gasteiger partial charge in [0.1, 0.15) is 26.2 Å². The lowest BCUT2D eigenvalue weighted by Crippen LogP contribution is -3.00. The molecule has 1 aliphatic rings. The third-order valence-corrected chi connectivity index (χ3v) is 6.11. The maximum Gasteiger partial charge on any atom is 0.247 e. The summed E-state index contributed by atoms with van der Waals surface area (Å²) in [6.45, 7) is 6.17. The smallest absolute Gasteiger partial charge is 0.247 e. The number of hydrogen-bond acceptors (Lipinski definition) is 3. The SMILES string of the molecule is CCCCCCCCCCCCCCCCCC1=[N+](CCO)CCN1CCO.[Cl-]. The van der Waals surface area contributed by atoms with Gasteiger partial charge in [-0.15, -0.1) is 0 Å². The molecule has 0 atom stereocenters. The first kappa shape index (κ1) is 28.7. The molecule has 0 amide bonds. The Morgan fingerprint density at radius 3 is 1.66 bits per heavy atom. The second-order valence-corrected chi connectivity index (χ2v) is 8.54. The molecular weight excluding hydrogens is 384 g/mol. The van der Waals surface area contributed by atoms with Crippen LogP contribution in [0.15, 0.2) is 0 Å². The number of aliphatic hydroxyl groups excluding tert-OH is 2. The van der Waals surface area contributed by atoms with Crippen LogP contribution in [0.5, 0.6) is 0 Å². The lowest BCUT2D eigenvalue weighted by atomic mass is 10.0. The molecule has 0 radical (unpaired) electrons. The third-order valence-electron chi connectivity index (χ3n) is 6.11. The molecule has 0 aromatic carbocycles. The topological polar surface area (TPSA) is 46.7 Å². The van der Waals surface area contributed by atoms with E-state index in [1.54, 1.807) is 0 Å². The van der Waals surface area contributed by atoms with Crippen molar-refractivity contribution in [2.75, 3.05) is 39.4 Å². The van der Waals surface area contributed by atoms with E-state index >= 15 is 0 Å². The Labute approximate surface area is 187 Å². The molecule has 5 heteroatoms. The highest BCUT2D eigenvalue weighted by Crippen LogP contribution is 2.15. The van der Waals surface area contributed by atoms with Gasteiger partial charge in [0.05, 0.1) is 13.2 Å². The number of rotatable bonds is 20. The predicted octanol–water partition coefficient (Wildman–Crippen LogP) is 1.96. The van der Waals surface area contributed by atoms with Gasteiger partial charge in [-0.05, 0) is 6.42 Å². The Balaban J connectivity index is 0.00000784. The molecule has 1 aliphatic heterocycles. The van der Waals surface area contributed by atoms with Gasteiger partial charge < -0.3 is 22.6 Å². The lowest BCUT2D eigenvalue weighted by Gasteiger charge is -2.12. The molecule has 0 aromatic heterocycles. The van der Waals surface area contributed by atoms with Crippen molar-refractivity contribution in [3.05, 3.63) is 0 Å². The molecule has 4 nitrogen and oxygen atoms in total. The van der Waals surface area contributed by atoms with E-state index in [0.717, 1.165) is 32.6 Å². The Bertz CT molecular complexity index is 391. The van der Waals surface area contributed by atoms with Crippen LogP contribution >= 0.6 is 0 Å². The molecule has 1 heterocycles. The zero-order valence-electron chi connectivity index (χ0n) is 19.2. The van der Waals surface area contributed by atoms with Crippen molar-refractivity contribution in [3.63, 3.8) is 0 Å². The fourth-order valence-electron chi connectivity index (χ4n) is 4.39. The average molecular weight is 433 g/mol. The minimum Gasteiger partial charge on any atom is -1.00 e. The normalized spacial score (nSPS) is 14.0. The van der Waals surface area contributed by atoms with Crippen molar-refractivity contribution in [1.29, 1.82) is 0 Å². The molecule has 1 rings (SSSR count). The summed E-state index contributed by atoms with van der Waals surface area (Å²) >= 11 is 0. The van der Waals surface area contributed by atoms with Gasteiger partial charge in [-0.25, -0.2) is 0 Å². The molecule has 29 heavy (non-hydrogen) atoms. The second-order valence-electron chi connectivity index (χ2n) is 8.54. The van der Waals surface area contributed by atoms with Crippen LogP contribution in [0.1, 0.15) is 110 Å². The van der Waals surface area contributed by atoms with Crippen molar-refractivity contribution in [3.8, 4) is 0 Å². The van der Waals surface area contributed by atoms with Crippen LogP contribution in [0.3, 0.4) is 0 Å². The fraction of sp³-hybridized carbons (Fsp3) is 0.958. The zero-order valence-corrected chi connectivity index (χ0v) is 20.0. The minimum absolute atomic E-state index is 0. The van der Waals surface area contributed by atoms with E-state index in [-0.39, 0.29) is 25.6 Å². The predicted molar refractivity (Wildman–Crippen MR) is 120 cm³/mol. The molecule has 0 fully saturated rings. The quantitative estimate of drug-likeness (QED) is 0.228. The van der Waals surface area contributed by atoms with E-state index in [0.29, 0.717) is 0 Å². The number of β-amino-alcohol motifs (C(OH)–C–C–N with tert-alkyl or cyclic N) is 2. The van der Waals surface area contributed by atoms with Crippen LogP contribution < -0.4 is 12.4 Å². The van der Waals surface area contributed by atoms with Gasteiger partial charge in [0.2, 0.25) is 5.84 Å². The Hall–Kier alpha value is -0.320. The van der Waals surface area contributed by atoms with E-state index in [9.17, 15) is 10.2 Å². The summed E-state index contributed by atoms with van der Waals surface area (Å²) in [5.74, 6) is 1.35. The third kappa shape index (κ3) is 14.3. The van der Waals surface area contributed by atoms with Crippen molar-refractivity contribution >= 4 is 5.84 Å². The minimum atomic E-state index is 0. The average Bonchev–Trinajstić information content (AvgIpc) is 3.07. The summed E-state index contributed by atoms with van der Waals surface area (Å²) in [7, 11) is 0. The Kier molecular flexibility index (Phi) is 20.7. The molecule has 0 saturated carbocycles. The largest absolute Gasteiger partial charge is 1.00 e. The maximum atomic E-state index is 9.24. The molecule has 0 unspecified atom stereocenters. The highest BCUT2D eigenvalue weighted by atomic mass is 35.5. The van der Waals surface area contributed by atoms with Crippen LogP contribution in [-0.4, -0.2) is 64.9 Å². The van der Waals surface area contributed by atoms with Gasteiger partial charge in [0.25, 0.3) is 0 Å². The number of unbranched alkanes of at least 4 members (excludes halogenated alkanes) is 14. The summed E-state index contributed by atoms with van der Waals surface area (Å²) in [4.78, 5) is 2.31. The number of aliphatic hydroxyl groups is 2. The first-order valence-electron chi connectivity index (χ1n) is 12.4. The molecule has 2 N–H and O–H groups in total. The molecule has 0 aliphatic carbocycles. The highest BCUT2D eigenvalue weighted by molar-refractivity contribution is 5.78. The summed E-state index contributed by atoms with van der Waals surface area (Å²) in [6, 6.07) is 0. The Morgan fingerprint density at radius 2 is 1.21 bits per heavy atom. The maximum absolute atomic E-state index is 9.24. The molecule has 0 bridgehead atoms. The van der Waals surface area contributed by atoms with Crippen LogP contribution in [0, 0.1) is 0 Å². The monoisotopic (exact) mass is 432 g/mol. The number of nitrogens with zero attached hydrogens (tertiary/aromatic N) is 2. The number of halogens is 1. The Morgan fingerprint density at radius 1 is 0.724 bits per heavy atom. The molecule has 0 aromatic rings. The summed E-state index contributed by atoms with van der Waals surface area (Å²) in [5.41, 5.74) is 0. The van der Waals surface area contributed by atoms with Crippen molar-refractivity contribution in [1.82, 2.24) is 4.90 Å². The lowest BCUT2D eigenvalue weighted by molar-refractivity contribution is -0.521. The van der Waals surface area contributed by atoms with Crippen LogP contribution in [0.4, 0.5) is 0 Å². The number of amidine groups is 1. The van der Waals surface area contributed by atoms with Gasteiger partial charge in [-0.3, -0.25) is 9.48 Å². The van der Waals surface area contributed by atoms with E-state index < -0.39 is 0 Å². The van der Waals surface area contributed by atoms with Crippen LogP contribution in [0.25, 0.3) is 0 Å². The number of hydrogen-bond donors (Lipinski definition) is 2. The van der Waals surface area contributed by atoms with E-state index in [4.69, 9.17) is 0 Å². The fourth-order valence-corrected chi connectivity index (χ4v) is 4.39. The molecule has 174 valence electrons. The van der Waals surface area contributed by atoms with Crippen molar-refractivity contribution in [2.45, 2.75) is 110 Å². The van der Waals surface area contributed by atoms with Crippen LogP contribution in [-0.2, 0) is 0 Å². The highest BCUT2D eigenvalue weighted by Gasteiger charge is 2.28. The van der Waals surface area contributed by atoms with E-state index in [2.05, 4.69) is 16.4 Å². The first-order valence-corrected chi connectivity index (χ1v) is 12.4. The van der Waals surface area contributed by atoms with Crippen molar-refractivity contribution < 1.29 is 27.2 Å².